The summed E-state index contributed by atoms with van der Waals surface area (Å²) in [5.41, 5.74) is 2.91. The van der Waals surface area contributed by atoms with E-state index < -0.39 is 0 Å². The van der Waals surface area contributed by atoms with Gasteiger partial charge >= 0.3 is 0 Å². The first-order valence-electron chi connectivity index (χ1n) is 9.38. The minimum atomic E-state index is -0.354. The number of nitrogens with one attached hydrogen (secondary N) is 1. The third-order valence-electron chi connectivity index (χ3n) is 5.01. The van der Waals surface area contributed by atoms with E-state index in [-0.39, 0.29) is 29.9 Å². The molecule has 2 amide bonds. The standard InChI is InChI=1S/C21H32N2O3/c1-14-7-8-15(2)19(16(14)3)26-13-18(24)22-17-9-11-23(12-10-17)20(25)21(4,5)6/h7-8,17H,9-13H2,1-6H3,(H,22,24). The summed E-state index contributed by atoms with van der Waals surface area (Å²) in [4.78, 5) is 26.5. The Balaban J connectivity index is 1.82. The molecule has 5 heteroatoms. The molecule has 0 unspecified atom stereocenters. The first-order valence-corrected chi connectivity index (χ1v) is 9.38. The van der Waals surface area contributed by atoms with Gasteiger partial charge in [-0.3, -0.25) is 9.59 Å². The molecule has 144 valence electrons. The second-order valence-corrected chi connectivity index (χ2v) is 8.33. The number of hydrogen-bond acceptors (Lipinski definition) is 3. The second kappa shape index (κ2) is 8.11. The molecule has 2 rings (SSSR count). The maximum absolute atomic E-state index is 12.3. The van der Waals surface area contributed by atoms with Crippen molar-refractivity contribution in [1.82, 2.24) is 10.2 Å². The van der Waals surface area contributed by atoms with Crippen LogP contribution < -0.4 is 10.1 Å². The zero-order valence-electron chi connectivity index (χ0n) is 16.9. The van der Waals surface area contributed by atoms with Gasteiger partial charge in [-0.1, -0.05) is 32.9 Å². The summed E-state index contributed by atoms with van der Waals surface area (Å²) in [6.45, 7) is 13.3. The first kappa shape index (κ1) is 20.3. The van der Waals surface area contributed by atoms with Gasteiger partial charge in [0.1, 0.15) is 5.75 Å². The van der Waals surface area contributed by atoms with Gasteiger partial charge in [0.2, 0.25) is 5.91 Å². The average Bonchev–Trinajstić information content (AvgIpc) is 2.57. The Hall–Kier alpha value is -2.04. The van der Waals surface area contributed by atoms with Crippen molar-refractivity contribution in [2.24, 2.45) is 5.41 Å². The van der Waals surface area contributed by atoms with Gasteiger partial charge < -0.3 is 15.0 Å². The highest BCUT2D eigenvalue weighted by atomic mass is 16.5. The van der Waals surface area contributed by atoms with Crippen molar-refractivity contribution in [2.45, 2.75) is 60.4 Å². The predicted molar refractivity (Wildman–Crippen MR) is 103 cm³/mol. The van der Waals surface area contributed by atoms with E-state index in [2.05, 4.69) is 11.4 Å². The number of amides is 2. The number of rotatable bonds is 4. The van der Waals surface area contributed by atoms with E-state index in [9.17, 15) is 9.59 Å². The highest BCUT2D eigenvalue weighted by Gasteiger charge is 2.30. The van der Waals surface area contributed by atoms with Crippen molar-refractivity contribution in [1.29, 1.82) is 0 Å². The molecule has 1 heterocycles. The van der Waals surface area contributed by atoms with Gasteiger partial charge in [0.05, 0.1) is 0 Å². The fraction of sp³-hybridized carbons (Fsp3) is 0.619. The Kier molecular flexibility index (Phi) is 6.32. The fourth-order valence-electron chi connectivity index (χ4n) is 3.26. The van der Waals surface area contributed by atoms with E-state index in [0.29, 0.717) is 13.1 Å². The number of hydrogen-bond donors (Lipinski definition) is 1. The minimum Gasteiger partial charge on any atom is -0.483 e. The topological polar surface area (TPSA) is 58.6 Å². The number of aryl methyl sites for hydroxylation is 2. The van der Waals surface area contributed by atoms with Crippen LogP contribution in [0.25, 0.3) is 0 Å². The lowest BCUT2D eigenvalue weighted by molar-refractivity contribution is -0.140. The number of likely N-dealkylation sites (tertiary alicyclic amines) is 1. The van der Waals surface area contributed by atoms with Crippen LogP contribution in [-0.2, 0) is 9.59 Å². The molecule has 0 bridgehead atoms. The van der Waals surface area contributed by atoms with Crippen LogP contribution in [0.3, 0.4) is 0 Å². The highest BCUT2D eigenvalue weighted by Crippen LogP contribution is 2.25. The maximum atomic E-state index is 12.3. The molecule has 0 saturated carbocycles. The SMILES string of the molecule is Cc1ccc(C)c(OCC(=O)NC2CCN(C(=O)C(C)(C)C)CC2)c1C. The van der Waals surface area contributed by atoms with Crippen molar-refractivity contribution < 1.29 is 14.3 Å². The van der Waals surface area contributed by atoms with E-state index >= 15 is 0 Å². The van der Waals surface area contributed by atoms with E-state index in [0.717, 1.165) is 35.3 Å². The van der Waals surface area contributed by atoms with Crippen molar-refractivity contribution in [3.05, 3.63) is 28.8 Å². The lowest BCUT2D eigenvalue weighted by atomic mass is 9.93. The molecule has 0 atom stereocenters. The Morgan fingerprint density at radius 2 is 1.69 bits per heavy atom. The number of ether oxygens (including phenoxy) is 1. The van der Waals surface area contributed by atoms with Crippen LogP contribution in [0.15, 0.2) is 12.1 Å². The molecule has 0 aliphatic carbocycles. The van der Waals surface area contributed by atoms with Gasteiger partial charge in [-0.2, -0.15) is 0 Å². The zero-order chi connectivity index (χ0) is 19.5. The van der Waals surface area contributed by atoms with E-state index in [4.69, 9.17) is 4.74 Å². The third-order valence-corrected chi connectivity index (χ3v) is 5.01. The van der Waals surface area contributed by atoms with Crippen LogP contribution in [0.4, 0.5) is 0 Å². The molecule has 0 aromatic heterocycles. The predicted octanol–water partition coefficient (Wildman–Crippen LogP) is 3.14. The maximum Gasteiger partial charge on any atom is 0.258 e. The molecule has 1 aliphatic heterocycles. The Morgan fingerprint density at radius 1 is 1.12 bits per heavy atom. The normalized spacial score (nSPS) is 15.7. The summed E-state index contributed by atoms with van der Waals surface area (Å²) in [5.74, 6) is 0.868. The van der Waals surface area contributed by atoms with Crippen molar-refractivity contribution in [3.63, 3.8) is 0 Å². The molecule has 1 aromatic rings. The van der Waals surface area contributed by atoms with Gasteiger partial charge in [0.25, 0.3) is 5.91 Å². The molecular formula is C21H32N2O3. The van der Waals surface area contributed by atoms with Gasteiger partial charge in [0, 0.05) is 24.5 Å². The molecule has 0 radical (unpaired) electrons. The van der Waals surface area contributed by atoms with Crippen LogP contribution in [0.5, 0.6) is 5.75 Å². The molecule has 26 heavy (non-hydrogen) atoms. The summed E-state index contributed by atoms with van der Waals surface area (Å²) in [6.07, 6.45) is 1.58. The largest absolute Gasteiger partial charge is 0.483 e. The number of benzene rings is 1. The van der Waals surface area contributed by atoms with Crippen LogP contribution >= 0.6 is 0 Å². The Morgan fingerprint density at radius 3 is 2.27 bits per heavy atom. The third kappa shape index (κ3) is 4.99. The molecular weight excluding hydrogens is 328 g/mol. The first-order chi connectivity index (χ1) is 12.1. The lowest BCUT2D eigenvalue weighted by Crippen LogP contribution is -2.49. The number of nitrogens with zero attached hydrogens (tertiary/aromatic N) is 1. The van der Waals surface area contributed by atoms with Gasteiger partial charge in [-0.05, 0) is 50.3 Å². The summed E-state index contributed by atoms with van der Waals surface area (Å²) >= 11 is 0. The average molecular weight is 360 g/mol. The van der Waals surface area contributed by atoms with E-state index in [1.807, 2.05) is 52.5 Å². The summed E-state index contributed by atoms with van der Waals surface area (Å²) < 4.78 is 5.78. The monoisotopic (exact) mass is 360 g/mol. The number of carbonyl (C=O) groups excluding carboxylic acids is 2. The van der Waals surface area contributed by atoms with Crippen LogP contribution in [0, 0.1) is 26.2 Å². The molecule has 1 fully saturated rings. The molecule has 5 nitrogen and oxygen atoms in total. The lowest BCUT2D eigenvalue weighted by Gasteiger charge is -2.36. The van der Waals surface area contributed by atoms with Crippen LogP contribution in [0.1, 0.15) is 50.3 Å². The molecule has 1 saturated heterocycles. The highest BCUT2D eigenvalue weighted by molar-refractivity contribution is 5.81. The Bertz CT molecular complexity index is 669. The molecule has 1 aromatic carbocycles. The van der Waals surface area contributed by atoms with Crippen LogP contribution in [-0.4, -0.2) is 42.5 Å². The number of carbonyl (C=O) groups is 2. The van der Waals surface area contributed by atoms with Gasteiger partial charge in [-0.15, -0.1) is 0 Å². The smallest absolute Gasteiger partial charge is 0.258 e. The van der Waals surface area contributed by atoms with Crippen molar-refractivity contribution >= 4 is 11.8 Å². The zero-order valence-corrected chi connectivity index (χ0v) is 16.9. The summed E-state index contributed by atoms with van der Waals surface area (Å²) in [7, 11) is 0. The minimum absolute atomic E-state index is 0.0201. The van der Waals surface area contributed by atoms with Crippen molar-refractivity contribution in [2.75, 3.05) is 19.7 Å². The molecule has 1 aliphatic rings. The second-order valence-electron chi connectivity index (χ2n) is 8.33. The quantitative estimate of drug-likeness (QED) is 0.897. The Labute approximate surface area is 157 Å². The van der Waals surface area contributed by atoms with Crippen molar-refractivity contribution in [3.8, 4) is 5.75 Å². The molecule has 1 N–H and O–H groups in total. The van der Waals surface area contributed by atoms with E-state index in [1.165, 1.54) is 0 Å². The summed E-state index contributed by atoms with van der Waals surface area (Å²) in [5, 5.41) is 3.04. The molecule has 0 spiro atoms. The van der Waals surface area contributed by atoms with Gasteiger partial charge in [-0.25, -0.2) is 0 Å². The number of piperidine rings is 1. The summed E-state index contributed by atoms with van der Waals surface area (Å²) in [6, 6.07) is 4.18. The van der Waals surface area contributed by atoms with Gasteiger partial charge in [0.15, 0.2) is 6.61 Å². The van der Waals surface area contributed by atoms with E-state index in [1.54, 1.807) is 0 Å². The fourth-order valence-corrected chi connectivity index (χ4v) is 3.26. The van der Waals surface area contributed by atoms with Crippen LogP contribution in [0.2, 0.25) is 0 Å².